The third-order valence-corrected chi connectivity index (χ3v) is 3.12. The summed E-state index contributed by atoms with van der Waals surface area (Å²) in [7, 11) is 0. The van der Waals surface area contributed by atoms with Crippen LogP contribution in [0.4, 0.5) is 11.4 Å². The molecule has 22 heavy (non-hydrogen) atoms. The number of hydrogen-bond acceptors (Lipinski definition) is 5. The van der Waals surface area contributed by atoms with Gasteiger partial charge in [-0.05, 0) is 25.0 Å². The fourth-order valence-electron chi connectivity index (χ4n) is 1.59. The third-order valence-electron chi connectivity index (χ3n) is 3.12. The Hall–Kier alpha value is -2.48. The molecule has 0 spiro atoms. The summed E-state index contributed by atoms with van der Waals surface area (Å²) < 4.78 is 0. The van der Waals surface area contributed by atoms with E-state index in [2.05, 4.69) is 10.6 Å². The van der Waals surface area contributed by atoms with E-state index in [1.165, 1.54) is 31.2 Å². The molecule has 0 bridgehead atoms. The van der Waals surface area contributed by atoms with E-state index < -0.39 is 28.8 Å². The van der Waals surface area contributed by atoms with Gasteiger partial charge in [0.05, 0.1) is 11.0 Å². The zero-order chi connectivity index (χ0) is 16.9. The van der Waals surface area contributed by atoms with Gasteiger partial charge in [-0.3, -0.25) is 19.7 Å². The Morgan fingerprint density at radius 3 is 2.14 bits per heavy atom. The van der Waals surface area contributed by atoms with E-state index in [1.807, 2.05) is 13.8 Å². The van der Waals surface area contributed by atoms with Crippen molar-refractivity contribution in [2.24, 2.45) is 11.7 Å². The van der Waals surface area contributed by atoms with Gasteiger partial charge in [0.15, 0.2) is 0 Å². The van der Waals surface area contributed by atoms with Crippen LogP contribution in [0.5, 0.6) is 0 Å². The fourth-order valence-corrected chi connectivity index (χ4v) is 1.59. The normalized spacial score (nSPS) is 13.3. The molecule has 0 heterocycles. The van der Waals surface area contributed by atoms with Crippen molar-refractivity contribution in [3.63, 3.8) is 0 Å². The lowest BCUT2D eigenvalue weighted by molar-refractivity contribution is -0.384. The van der Waals surface area contributed by atoms with Crippen LogP contribution in [-0.4, -0.2) is 28.8 Å². The topological polar surface area (TPSA) is 127 Å². The molecule has 0 unspecified atom stereocenters. The molecule has 0 radical (unpaired) electrons. The van der Waals surface area contributed by atoms with Gasteiger partial charge in [0, 0.05) is 17.8 Å². The Labute approximate surface area is 128 Å². The van der Waals surface area contributed by atoms with Crippen LogP contribution >= 0.6 is 0 Å². The quantitative estimate of drug-likeness (QED) is 0.534. The van der Waals surface area contributed by atoms with Gasteiger partial charge >= 0.3 is 0 Å². The standard InChI is InChI=1S/C14H20N4O4/c1-8(2)12(15)14(20)16-9(3)13(19)17-10-4-6-11(7-5-10)18(21)22/h4-9,12H,15H2,1-3H3,(H,16,20)(H,17,19)/t9-,12-/m0/s1. The van der Waals surface area contributed by atoms with Crippen molar-refractivity contribution in [3.8, 4) is 0 Å². The molecule has 0 saturated heterocycles. The van der Waals surface area contributed by atoms with Crippen LogP contribution in [-0.2, 0) is 9.59 Å². The van der Waals surface area contributed by atoms with Gasteiger partial charge in [0.2, 0.25) is 11.8 Å². The largest absolute Gasteiger partial charge is 0.343 e. The molecule has 1 aromatic rings. The number of non-ortho nitro benzene ring substituents is 1. The second kappa shape index (κ2) is 7.51. The van der Waals surface area contributed by atoms with E-state index in [0.29, 0.717) is 5.69 Å². The lowest BCUT2D eigenvalue weighted by Crippen LogP contribution is -2.50. The maximum atomic E-state index is 12.0. The number of anilines is 1. The first-order valence-electron chi connectivity index (χ1n) is 6.83. The van der Waals surface area contributed by atoms with Gasteiger partial charge in [-0.25, -0.2) is 0 Å². The van der Waals surface area contributed by atoms with Crippen LogP contribution in [0.15, 0.2) is 24.3 Å². The van der Waals surface area contributed by atoms with Crippen LogP contribution in [0.1, 0.15) is 20.8 Å². The maximum absolute atomic E-state index is 12.0. The van der Waals surface area contributed by atoms with Crippen molar-refractivity contribution in [2.45, 2.75) is 32.9 Å². The van der Waals surface area contributed by atoms with Crippen molar-refractivity contribution >= 4 is 23.2 Å². The highest BCUT2D eigenvalue weighted by Gasteiger charge is 2.22. The maximum Gasteiger partial charge on any atom is 0.269 e. The van der Waals surface area contributed by atoms with E-state index in [1.54, 1.807) is 0 Å². The highest BCUT2D eigenvalue weighted by atomic mass is 16.6. The van der Waals surface area contributed by atoms with Crippen LogP contribution in [0, 0.1) is 16.0 Å². The second-order valence-electron chi connectivity index (χ2n) is 5.29. The molecule has 120 valence electrons. The molecule has 0 fully saturated rings. The Kier molecular flexibility index (Phi) is 6.00. The van der Waals surface area contributed by atoms with Crippen molar-refractivity contribution in [1.82, 2.24) is 5.32 Å². The van der Waals surface area contributed by atoms with Gasteiger partial charge in [0.25, 0.3) is 5.69 Å². The number of carbonyl (C=O) groups is 2. The second-order valence-corrected chi connectivity index (χ2v) is 5.29. The van der Waals surface area contributed by atoms with Gasteiger partial charge in [-0.1, -0.05) is 13.8 Å². The molecule has 0 aliphatic carbocycles. The fraction of sp³-hybridized carbons (Fsp3) is 0.429. The van der Waals surface area contributed by atoms with Crippen LogP contribution in [0.2, 0.25) is 0 Å². The molecule has 0 saturated carbocycles. The molecule has 0 aliphatic heterocycles. The number of nitro benzene ring substituents is 1. The SMILES string of the molecule is CC(C)[C@H](N)C(=O)N[C@@H](C)C(=O)Nc1ccc([N+](=O)[O-])cc1. The number of benzene rings is 1. The predicted molar refractivity (Wildman–Crippen MR) is 82.1 cm³/mol. The minimum Gasteiger partial charge on any atom is -0.343 e. The predicted octanol–water partition coefficient (Wildman–Crippen LogP) is 1.02. The van der Waals surface area contributed by atoms with Gasteiger partial charge < -0.3 is 16.4 Å². The summed E-state index contributed by atoms with van der Waals surface area (Å²) >= 11 is 0. The molecular weight excluding hydrogens is 288 g/mol. The number of hydrogen-bond donors (Lipinski definition) is 3. The Bertz CT molecular complexity index is 556. The molecule has 0 aliphatic rings. The smallest absolute Gasteiger partial charge is 0.269 e. The van der Waals surface area contributed by atoms with Crippen LogP contribution in [0.3, 0.4) is 0 Å². The number of carbonyl (C=O) groups excluding carboxylic acids is 2. The summed E-state index contributed by atoms with van der Waals surface area (Å²) in [6, 6.07) is 3.96. The Morgan fingerprint density at radius 2 is 1.68 bits per heavy atom. The van der Waals surface area contributed by atoms with E-state index in [-0.39, 0.29) is 11.6 Å². The van der Waals surface area contributed by atoms with Crippen molar-refractivity contribution < 1.29 is 14.5 Å². The lowest BCUT2D eigenvalue weighted by atomic mass is 10.0. The van der Waals surface area contributed by atoms with Crippen molar-refractivity contribution in [3.05, 3.63) is 34.4 Å². The molecule has 8 heteroatoms. The molecule has 8 nitrogen and oxygen atoms in total. The summed E-state index contributed by atoms with van der Waals surface area (Å²) in [6.07, 6.45) is 0. The van der Waals surface area contributed by atoms with Crippen LogP contribution in [0.25, 0.3) is 0 Å². The van der Waals surface area contributed by atoms with Gasteiger partial charge in [-0.15, -0.1) is 0 Å². The first-order chi connectivity index (χ1) is 10.2. The number of nitrogens with one attached hydrogen (secondary N) is 2. The molecule has 2 atom stereocenters. The molecule has 2 amide bonds. The highest BCUT2D eigenvalue weighted by molar-refractivity contribution is 5.97. The van der Waals surface area contributed by atoms with E-state index in [9.17, 15) is 19.7 Å². The van der Waals surface area contributed by atoms with Gasteiger partial charge in [-0.2, -0.15) is 0 Å². The van der Waals surface area contributed by atoms with E-state index >= 15 is 0 Å². The summed E-state index contributed by atoms with van der Waals surface area (Å²) in [5.41, 5.74) is 6.04. The monoisotopic (exact) mass is 308 g/mol. The summed E-state index contributed by atoms with van der Waals surface area (Å²) in [5, 5.41) is 15.6. The minimum absolute atomic E-state index is 0.0371. The molecule has 0 aromatic heterocycles. The van der Waals surface area contributed by atoms with E-state index in [0.717, 1.165) is 0 Å². The lowest BCUT2D eigenvalue weighted by Gasteiger charge is -2.19. The third kappa shape index (κ3) is 4.81. The summed E-state index contributed by atoms with van der Waals surface area (Å²) in [6.45, 7) is 5.16. The highest BCUT2D eigenvalue weighted by Crippen LogP contribution is 2.15. The number of rotatable bonds is 6. The van der Waals surface area contributed by atoms with Crippen molar-refractivity contribution in [1.29, 1.82) is 0 Å². The average molecular weight is 308 g/mol. The summed E-state index contributed by atoms with van der Waals surface area (Å²) in [5.74, 6) is -0.871. The Balaban J connectivity index is 2.60. The molecule has 1 rings (SSSR count). The number of nitrogens with zero attached hydrogens (tertiary/aromatic N) is 1. The molecular formula is C14H20N4O4. The zero-order valence-electron chi connectivity index (χ0n) is 12.7. The van der Waals surface area contributed by atoms with E-state index in [4.69, 9.17) is 5.73 Å². The minimum atomic E-state index is -0.771. The van der Waals surface area contributed by atoms with Crippen molar-refractivity contribution in [2.75, 3.05) is 5.32 Å². The van der Waals surface area contributed by atoms with Gasteiger partial charge in [0.1, 0.15) is 6.04 Å². The average Bonchev–Trinajstić information content (AvgIpc) is 2.46. The number of amides is 2. The van der Waals surface area contributed by atoms with Crippen LogP contribution < -0.4 is 16.4 Å². The first-order valence-corrected chi connectivity index (χ1v) is 6.83. The summed E-state index contributed by atoms with van der Waals surface area (Å²) in [4.78, 5) is 33.8. The molecule has 4 N–H and O–H groups in total. The Morgan fingerprint density at radius 1 is 1.14 bits per heavy atom. The number of nitrogens with two attached hydrogens (primary N) is 1. The first kappa shape index (κ1) is 17.6. The number of nitro groups is 1. The zero-order valence-corrected chi connectivity index (χ0v) is 12.7. The molecule has 1 aromatic carbocycles.